The van der Waals surface area contributed by atoms with Crippen LogP contribution in [0.15, 0.2) is 53.3 Å². The number of aromatic nitrogens is 1. The topological polar surface area (TPSA) is 51.1 Å². The van der Waals surface area contributed by atoms with Crippen molar-refractivity contribution < 1.29 is 4.79 Å². The third kappa shape index (κ3) is 2.80. The minimum absolute atomic E-state index is 0.0448. The van der Waals surface area contributed by atoms with Gasteiger partial charge in [-0.25, -0.2) is 0 Å². The van der Waals surface area contributed by atoms with E-state index in [2.05, 4.69) is 5.32 Å². The fourth-order valence-corrected chi connectivity index (χ4v) is 3.33. The monoisotopic (exact) mass is 312 g/mol. The molecule has 0 bridgehead atoms. The van der Waals surface area contributed by atoms with Crippen LogP contribution in [0.2, 0.25) is 0 Å². The molecule has 1 N–H and O–H groups in total. The number of amides is 1. The first-order valence-corrected chi connectivity index (χ1v) is 8.00. The van der Waals surface area contributed by atoms with E-state index in [-0.39, 0.29) is 10.8 Å². The molecule has 0 saturated carbocycles. The Kier molecular flexibility index (Phi) is 4.06. The summed E-state index contributed by atoms with van der Waals surface area (Å²) in [4.78, 5) is 24.2. The number of carbonyl (C=O) groups is 1. The number of anilines is 1. The highest BCUT2D eigenvalue weighted by Gasteiger charge is 2.09. The van der Waals surface area contributed by atoms with E-state index in [1.54, 1.807) is 16.7 Å². The molecular formula is C17H16N2O2S. The van der Waals surface area contributed by atoms with Crippen molar-refractivity contribution in [3.8, 4) is 0 Å². The molecule has 0 aliphatic rings. The highest BCUT2D eigenvalue weighted by molar-refractivity contribution is 7.16. The van der Waals surface area contributed by atoms with Gasteiger partial charge in [0.1, 0.15) is 0 Å². The molecule has 2 aromatic carbocycles. The van der Waals surface area contributed by atoms with Gasteiger partial charge in [-0.05, 0) is 36.8 Å². The van der Waals surface area contributed by atoms with Crippen LogP contribution in [0.5, 0.6) is 0 Å². The lowest BCUT2D eigenvalue weighted by Crippen LogP contribution is -2.12. The van der Waals surface area contributed by atoms with Crippen molar-refractivity contribution in [3.05, 3.63) is 63.8 Å². The molecule has 0 unspecified atom stereocenters. The molecule has 0 aliphatic heterocycles. The summed E-state index contributed by atoms with van der Waals surface area (Å²) in [5.74, 6) is -0.153. The van der Waals surface area contributed by atoms with Gasteiger partial charge in [0.25, 0.3) is 5.91 Å². The first-order valence-electron chi connectivity index (χ1n) is 7.19. The second kappa shape index (κ2) is 6.15. The van der Waals surface area contributed by atoms with Gasteiger partial charge >= 0.3 is 4.87 Å². The molecule has 3 aromatic rings. The zero-order valence-corrected chi connectivity index (χ0v) is 13.0. The SMILES string of the molecule is CCCn1c(=O)sc2cc(NC(=O)c3ccccc3)ccc21. The standard InChI is InChI=1S/C17H16N2O2S/c1-2-10-19-14-9-8-13(11-15(14)22-17(19)21)18-16(20)12-6-4-3-5-7-12/h3-9,11H,2,10H2,1H3,(H,18,20). The van der Waals surface area contributed by atoms with Gasteiger partial charge in [0.05, 0.1) is 10.2 Å². The molecule has 1 aromatic heterocycles. The Labute approximate surface area is 132 Å². The molecule has 1 heterocycles. The Bertz CT molecular complexity index is 865. The Morgan fingerprint density at radius 1 is 1.18 bits per heavy atom. The average molecular weight is 312 g/mol. The van der Waals surface area contributed by atoms with Gasteiger partial charge in [0.15, 0.2) is 0 Å². The number of hydrogen-bond donors (Lipinski definition) is 1. The van der Waals surface area contributed by atoms with Crippen molar-refractivity contribution in [2.24, 2.45) is 0 Å². The molecule has 0 fully saturated rings. The predicted octanol–water partition coefficient (Wildman–Crippen LogP) is 3.73. The molecule has 0 aliphatic carbocycles. The van der Waals surface area contributed by atoms with Crippen molar-refractivity contribution >= 4 is 33.1 Å². The van der Waals surface area contributed by atoms with Crippen molar-refractivity contribution in [3.63, 3.8) is 0 Å². The summed E-state index contributed by atoms with van der Waals surface area (Å²) in [5, 5.41) is 2.87. The van der Waals surface area contributed by atoms with Crippen molar-refractivity contribution in [1.82, 2.24) is 4.57 Å². The number of thiazole rings is 1. The first kappa shape index (κ1) is 14.5. The van der Waals surface area contributed by atoms with Crippen molar-refractivity contribution in [2.45, 2.75) is 19.9 Å². The molecule has 112 valence electrons. The van der Waals surface area contributed by atoms with Crippen LogP contribution in [0.25, 0.3) is 10.2 Å². The molecule has 5 heteroatoms. The second-order valence-corrected chi connectivity index (χ2v) is 6.02. The van der Waals surface area contributed by atoms with Gasteiger partial charge in [-0.2, -0.15) is 0 Å². The molecule has 0 spiro atoms. The summed E-state index contributed by atoms with van der Waals surface area (Å²) in [5.41, 5.74) is 2.24. The summed E-state index contributed by atoms with van der Waals surface area (Å²) >= 11 is 1.21. The van der Waals surface area contributed by atoms with Gasteiger partial charge in [-0.3, -0.25) is 14.2 Å². The third-order valence-electron chi connectivity index (χ3n) is 3.41. The van der Waals surface area contributed by atoms with E-state index in [1.165, 1.54) is 11.3 Å². The number of hydrogen-bond acceptors (Lipinski definition) is 3. The van der Waals surface area contributed by atoms with Crippen molar-refractivity contribution in [1.29, 1.82) is 0 Å². The zero-order chi connectivity index (χ0) is 15.5. The van der Waals surface area contributed by atoms with E-state index >= 15 is 0 Å². The fraction of sp³-hybridized carbons (Fsp3) is 0.176. The van der Waals surface area contributed by atoms with E-state index in [1.807, 2.05) is 43.3 Å². The number of carbonyl (C=O) groups excluding carboxylic acids is 1. The summed E-state index contributed by atoms with van der Waals surface area (Å²) in [6, 6.07) is 14.6. The van der Waals surface area contributed by atoms with Gasteiger partial charge in [-0.15, -0.1) is 0 Å². The normalized spacial score (nSPS) is 10.8. The summed E-state index contributed by atoms with van der Waals surface area (Å²) in [6.45, 7) is 2.76. The lowest BCUT2D eigenvalue weighted by molar-refractivity contribution is 0.102. The van der Waals surface area contributed by atoms with Crippen LogP contribution in [0.3, 0.4) is 0 Å². The maximum Gasteiger partial charge on any atom is 0.308 e. The van der Waals surface area contributed by atoms with Gasteiger partial charge in [0.2, 0.25) is 0 Å². The largest absolute Gasteiger partial charge is 0.322 e. The Hall–Kier alpha value is -2.40. The Morgan fingerprint density at radius 3 is 2.68 bits per heavy atom. The maximum atomic E-state index is 12.2. The summed E-state index contributed by atoms with van der Waals surface area (Å²) < 4.78 is 2.67. The number of rotatable bonds is 4. The van der Waals surface area contributed by atoms with Crippen LogP contribution in [-0.2, 0) is 6.54 Å². The first-order chi connectivity index (χ1) is 10.7. The lowest BCUT2D eigenvalue weighted by Gasteiger charge is -2.06. The summed E-state index contributed by atoms with van der Waals surface area (Å²) in [7, 11) is 0. The van der Waals surface area contributed by atoms with Crippen LogP contribution in [0, 0.1) is 0 Å². The minimum Gasteiger partial charge on any atom is -0.322 e. The highest BCUT2D eigenvalue weighted by Crippen LogP contribution is 2.22. The Balaban J connectivity index is 1.90. The average Bonchev–Trinajstić information content (AvgIpc) is 2.84. The van der Waals surface area contributed by atoms with Crippen LogP contribution < -0.4 is 10.2 Å². The number of aryl methyl sites for hydroxylation is 1. The number of benzene rings is 2. The molecule has 0 saturated heterocycles. The lowest BCUT2D eigenvalue weighted by atomic mass is 10.2. The third-order valence-corrected chi connectivity index (χ3v) is 4.35. The van der Waals surface area contributed by atoms with E-state index in [0.717, 1.165) is 16.6 Å². The molecule has 0 radical (unpaired) electrons. The molecule has 1 amide bonds. The van der Waals surface area contributed by atoms with E-state index in [9.17, 15) is 9.59 Å². The van der Waals surface area contributed by atoms with Crippen molar-refractivity contribution in [2.75, 3.05) is 5.32 Å². The number of nitrogens with one attached hydrogen (secondary N) is 1. The quantitative estimate of drug-likeness (QED) is 0.798. The van der Waals surface area contributed by atoms with E-state index in [0.29, 0.717) is 17.8 Å². The molecular weight excluding hydrogens is 296 g/mol. The maximum absolute atomic E-state index is 12.2. The molecule has 22 heavy (non-hydrogen) atoms. The van der Waals surface area contributed by atoms with Gasteiger partial charge in [-0.1, -0.05) is 36.5 Å². The number of fused-ring (bicyclic) bond motifs is 1. The second-order valence-electron chi connectivity index (χ2n) is 5.02. The van der Waals surface area contributed by atoms with Gasteiger partial charge < -0.3 is 5.32 Å². The van der Waals surface area contributed by atoms with E-state index < -0.39 is 0 Å². The minimum atomic E-state index is -0.153. The molecule has 0 atom stereocenters. The highest BCUT2D eigenvalue weighted by atomic mass is 32.1. The molecule has 3 rings (SSSR count). The Morgan fingerprint density at radius 2 is 1.95 bits per heavy atom. The summed E-state index contributed by atoms with van der Waals surface area (Å²) in [6.07, 6.45) is 0.915. The molecule has 4 nitrogen and oxygen atoms in total. The predicted molar refractivity (Wildman–Crippen MR) is 90.8 cm³/mol. The fourth-order valence-electron chi connectivity index (χ4n) is 2.37. The number of nitrogens with zero attached hydrogens (tertiary/aromatic N) is 1. The van der Waals surface area contributed by atoms with Crippen LogP contribution in [0.1, 0.15) is 23.7 Å². The van der Waals surface area contributed by atoms with E-state index in [4.69, 9.17) is 0 Å². The van der Waals surface area contributed by atoms with Crippen LogP contribution >= 0.6 is 11.3 Å². The smallest absolute Gasteiger partial charge is 0.308 e. The van der Waals surface area contributed by atoms with Crippen LogP contribution in [0.4, 0.5) is 5.69 Å². The zero-order valence-electron chi connectivity index (χ0n) is 12.2. The van der Waals surface area contributed by atoms with Crippen LogP contribution in [-0.4, -0.2) is 10.5 Å². The van der Waals surface area contributed by atoms with Gasteiger partial charge in [0, 0.05) is 17.8 Å².